The largest absolute Gasteiger partial charge is 0.480 e. The summed E-state index contributed by atoms with van der Waals surface area (Å²) >= 11 is 7.30. The Bertz CT molecular complexity index is 404. The molecule has 1 atom stereocenters. The molecule has 0 saturated carbocycles. The van der Waals surface area contributed by atoms with Crippen LogP contribution in [0.25, 0.3) is 0 Å². The molecule has 1 fully saturated rings. The molecule has 5 nitrogen and oxygen atoms in total. The lowest BCUT2D eigenvalue weighted by atomic mass is 10.2. The number of rotatable bonds is 3. The van der Waals surface area contributed by atoms with Gasteiger partial charge in [0.05, 0.1) is 0 Å². The van der Waals surface area contributed by atoms with Gasteiger partial charge >= 0.3 is 5.97 Å². The van der Waals surface area contributed by atoms with E-state index in [9.17, 15) is 4.79 Å². The summed E-state index contributed by atoms with van der Waals surface area (Å²) < 4.78 is 0. The molecule has 1 aromatic rings. The van der Waals surface area contributed by atoms with Gasteiger partial charge in [-0.2, -0.15) is 0 Å². The van der Waals surface area contributed by atoms with Gasteiger partial charge in [-0.3, -0.25) is 9.69 Å². The monoisotopic (exact) mass is 275 g/mol. The second-order valence-corrected chi connectivity index (χ2v) is 5.21. The van der Waals surface area contributed by atoms with Crippen molar-refractivity contribution in [2.24, 2.45) is 0 Å². The fourth-order valence-corrected chi connectivity index (χ4v) is 2.85. The summed E-state index contributed by atoms with van der Waals surface area (Å²) in [6.45, 7) is 4.79. The van der Waals surface area contributed by atoms with Crippen LogP contribution in [0.15, 0.2) is 5.38 Å². The van der Waals surface area contributed by atoms with E-state index in [0.717, 1.165) is 31.3 Å². The lowest BCUT2D eigenvalue weighted by Gasteiger charge is -2.36. The number of aliphatic carboxylic acids is 1. The van der Waals surface area contributed by atoms with Crippen molar-refractivity contribution in [2.45, 2.75) is 13.0 Å². The van der Waals surface area contributed by atoms with Crippen LogP contribution in [0.3, 0.4) is 0 Å². The summed E-state index contributed by atoms with van der Waals surface area (Å²) in [6.07, 6.45) is 0. The van der Waals surface area contributed by atoms with Crippen molar-refractivity contribution in [3.63, 3.8) is 0 Å². The van der Waals surface area contributed by atoms with Gasteiger partial charge in [-0.25, -0.2) is 4.98 Å². The maximum absolute atomic E-state index is 10.9. The van der Waals surface area contributed by atoms with Crippen molar-refractivity contribution < 1.29 is 9.90 Å². The van der Waals surface area contributed by atoms with Crippen LogP contribution in [0, 0.1) is 0 Å². The van der Waals surface area contributed by atoms with Crippen LogP contribution in [0.2, 0.25) is 5.15 Å². The summed E-state index contributed by atoms with van der Waals surface area (Å²) in [5.74, 6) is -0.768. The Kier molecular flexibility index (Phi) is 3.86. The van der Waals surface area contributed by atoms with Crippen molar-refractivity contribution in [3.8, 4) is 0 Å². The lowest BCUT2D eigenvalue weighted by molar-refractivity contribution is -0.142. The number of nitrogens with zero attached hydrogens (tertiary/aromatic N) is 3. The molecule has 0 aromatic carbocycles. The van der Waals surface area contributed by atoms with E-state index in [1.54, 1.807) is 6.92 Å². The lowest BCUT2D eigenvalue weighted by Crippen LogP contribution is -2.51. The highest BCUT2D eigenvalue weighted by atomic mass is 35.5. The highest BCUT2D eigenvalue weighted by molar-refractivity contribution is 7.14. The molecule has 17 heavy (non-hydrogen) atoms. The number of aromatic nitrogens is 1. The number of carbonyl (C=O) groups is 1. The second kappa shape index (κ2) is 5.20. The second-order valence-electron chi connectivity index (χ2n) is 3.99. The molecule has 1 N–H and O–H groups in total. The Hall–Kier alpha value is -0.850. The number of thiazole rings is 1. The summed E-state index contributed by atoms with van der Waals surface area (Å²) in [5, 5.41) is 12.2. The molecule has 7 heteroatoms. The number of anilines is 1. The number of piperazine rings is 1. The molecular formula is C10H14ClN3O2S. The molecule has 1 aliphatic heterocycles. The average molecular weight is 276 g/mol. The maximum atomic E-state index is 10.9. The highest BCUT2D eigenvalue weighted by Crippen LogP contribution is 2.24. The molecule has 1 aliphatic rings. The van der Waals surface area contributed by atoms with Gasteiger partial charge in [-0.05, 0) is 6.92 Å². The number of carboxylic acids is 1. The third-order valence-corrected chi connectivity index (χ3v) is 4.18. The van der Waals surface area contributed by atoms with E-state index >= 15 is 0 Å². The predicted octanol–water partition coefficient (Wildman–Crippen LogP) is 1.39. The molecule has 0 bridgehead atoms. The van der Waals surface area contributed by atoms with Crippen LogP contribution in [-0.4, -0.2) is 53.2 Å². The number of carboxylic acid groups (broad SMARTS) is 1. The van der Waals surface area contributed by atoms with Crippen molar-refractivity contribution in [1.82, 2.24) is 9.88 Å². The van der Waals surface area contributed by atoms with Crippen LogP contribution in [-0.2, 0) is 4.79 Å². The van der Waals surface area contributed by atoms with E-state index < -0.39 is 12.0 Å². The third kappa shape index (κ3) is 2.88. The number of hydrogen-bond acceptors (Lipinski definition) is 5. The van der Waals surface area contributed by atoms with E-state index in [4.69, 9.17) is 16.7 Å². The van der Waals surface area contributed by atoms with Crippen molar-refractivity contribution >= 4 is 34.0 Å². The predicted molar refractivity (Wildman–Crippen MR) is 68.0 cm³/mol. The van der Waals surface area contributed by atoms with Gasteiger partial charge < -0.3 is 10.0 Å². The molecule has 94 valence electrons. The molecule has 0 radical (unpaired) electrons. The van der Waals surface area contributed by atoms with Crippen LogP contribution in [0.1, 0.15) is 6.92 Å². The molecule has 0 amide bonds. The maximum Gasteiger partial charge on any atom is 0.320 e. The van der Waals surface area contributed by atoms with Gasteiger partial charge in [-0.15, -0.1) is 11.3 Å². The first-order chi connectivity index (χ1) is 8.08. The van der Waals surface area contributed by atoms with Gasteiger partial charge in [0.2, 0.25) is 0 Å². The first kappa shape index (κ1) is 12.6. The molecule has 1 aromatic heterocycles. The topological polar surface area (TPSA) is 56.7 Å². The molecule has 2 rings (SSSR count). The molecule has 1 saturated heterocycles. The molecular weight excluding hydrogens is 262 g/mol. The molecule has 0 aliphatic carbocycles. The van der Waals surface area contributed by atoms with Gasteiger partial charge in [0.1, 0.15) is 11.2 Å². The number of hydrogen-bond donors (Lipinski definition) is 1. The molecule has 2 heterocycles. The van der Waals surface area contributed by atoms with E-state index in [-0.39, 0.29) is 0 Å². The zero-order valence-corrected chi connectivity index (χ0v) is 11.0. The Morgan fingerprint density at radius 3 is 2.65 bits per heavy atom. The van der Waals surface area contributed by atoms with Crippen LogP contribution in [0.4, 0.5) is 5.13 Å². The first-order valence-electron chi connectivity index (χ1n) is 5.41. The van der Waals surface area contributed by atoms with Crippen LogP contribution >= 0.6 is 22.9 Å². The van der Waals surface area contributed by atoms with Crippen molar-refractivity contribution in [2.75, 3.05) is 31.1 Å². The van der Waals surface area contributed by atoms with Crippen LogP contribution in [0.5, 0.6) is 0 Å². The average Bonchev–Trinajstić information content (AvgIpc) is 2.75. The van der Waals surface area contributed by atoms with Crippen LogP contribution < -0.4 is 4.90 Å². The fraction of sp³-hybridized carbons (Fsp3) is 0.600. The highest BCUT2D eigenvalue weighted by Gasteiger charge is 2.26. The minimum absolute atomic E-state index is 0.419. The van der Waals surface area contributed by atoms with E-state index in [1.807, 2.05) is 10.3 Å². The van der Waals surface area contributed by atoms with E-state index in [2.05, 4.69) is 9.88 Å². The standard InChI is InChI=1S/C10H14ClN3O2S/c1-7(9(15)16)13-2-4-14(5-3-13)10-12-8(11)6-17-10/h6-7H,2-5H2,1H3,(H,15,16). The zero-order valence-electron chi connectivity index (χ0n) is 9.47. The molecule has 1 unspecified atom stereocenters. The summed E-state index contributed by atoms with van der Waals surface area (Å²) in [7, 11) is 0. The Morgan fingerprint density at radius 1 is 1.53 bits per heavy atom. The quantitative estimate of drug-likeness (QED) is 0.903. The fourth-order valence-electron chi connectivity index (χ4n) is 1.85. The summed E-state index contributed by atoms with van der Waals surface area (Å²) in [5.41, 5.74) is 0. The Morgan fingerprint density at radius 2 is 2.18 bits per heavy atom. The Balaban J connectivity index is 1.92. The van der Waals surface area contributed by atoms with Crippen molar-refractivity contribution in [1.29, 1.82) is 0 Å². The Labute approximate surface area is 109 Å². The minimum Gasteiger partial charge on any atom is -0.480 e. The van der Waals surface area contributed by atoms with Gasteiger partial charge in [0, 0.05) is 31.6 Å². The minimum atomic E-state index is -0.768. The first-order valence-corrected chi connectivity index (χ1v) is 6.66. The van der Waals surface area contributed by atoms with E-state index in [1.165, 1.54) is 11.3 Å². The summed E-state index contributed by atoms with van der Waals surface area (Å²) in [6, 6.07) is -0.419. The van der Waals surface area contributed by atoms with Gasteiger partial charge in [0.25, 0.3) is 0 Å². The van der Waals surface area contributed by atoms with Gasteiger partial charge in [-0.1, -0.05) is 11.6 Å². The summed E-state index contributed by atoms with van der Waals surface area (Å²) in [4.78, 5) is 19.2. The SMILES string of the molecule is CC(C(=O)O)N1CCN(c2nc(Cl)cs2)CC1. The van der Waals surface area contributed by atoms with E-state index in [0.29, 0.717) is 5.15 Å². The third-order valence-electron chi connectivity index (χ3n) is 2.95. The smallest absolute Gasteiger partial charge is 0.320 e. The normalized spacial score (nSPS) is 19.3. The number of halogens is 1. The molecule has 0 spiro atoms. The van der Waals surface area contributed by atoms with Gasteiger partial charge in [0.15, 0.2) is 5.13 Å². The zero-order chi connectivity index (χ0) is 12.4. The van der Waals surface area contributed by atoms with Crippen molar-refractivity contribution in [3.05, 3.63) is 10.5 Å².